The quantitative estimate of drug-likeness (QED) is 0.401. The number of hydrogen-bond donors (Lipinski definition) is 2. The lowest BCUT2D eigenvalue weighted by molar-refractivity contribution is -0.193. The predicted octanol–water partition coefficient (Wildman–Crippen LogP) is 4.00. The molecule has 0 aromatic rings. The van der Waals surface area contributed by atoms with Gasteiger partial charge in [0.25, 0.3) is 5.65 Å². The minimum atomic E-state index is -4.39. The molecule has 11 nitrogen and oxygen atoms in total. The molecule has 0 bridgehead atoms. The van der Waals surface area contributed by atoms with Crippen LogP contribution in [0.4, 0.5) is 9.59 Å². The number of ether oxygens (including phenoxy) is 1. The molecule has 0 fully saturated rings. The molecular formula is C14H34N2O9P2. The summed E-state index contributed by atoms with van der Waals surface area (Å²) in [6.45, 7) is 7.99. The maximum absolute atomic E-state index is 12.0. The maximum Gasteiger partial charge on any atom is 0.438 e. The zero-order chi connectivity index (χ0) is 20.6. The van der Waals surface area contributed by atoms with Gasteiger partial charge in [0.2, 0.25) is 7.60 Å². The lowest BCUT2D eigenvalue weighted by atomic mass is 10.5. The molecule has 27 heavy (non-hydrogen) atoms. The highest BCUT2D eigenvalue weighted by atomic mass is 31.2. The second-order valence-corrected chi connectivity index (χ2v) is 8.52. The summed E-state index contributed by atoms with van der Waals surface area (Å²) in [5, 5.41) is 0. The largest absolute Gasteiger partial charge is 0.772 e. The minimum absolute atomic E-state index is 0. The van der Waals surface area contributed by atoms with E-state index in [0.29, 0.717) is 25.7 Å². The summed E-state index contributed by atoms with van der Waals surface area (Å²) in [4.78, 5) is 32.0. The number of amides is 1. The van der Waals surface area contributed by atoms with E-state index in [1.807, 2.05) is 20.8 Å². The van der Waals surface area contributed by atoms with Crippen molar-refractivity contribution in [2.24, 2.45) is 5.73 Å². The van der Waals surface area contributed by atoms with Crippen molar-refractivity contribution >= 4 is 26.6 Å². The van der Waals surface area contributed by atoms with Crippen LogP contribution in [0.25, 0.3) is 0 Å². The maximum atomic E-state index is 12.0. The van der Waals surface area contributed by atoms with E-state index < -0.39 is 26.6 Å². The summed E-state index contributed by atoms with van der Waals surface area (Å²) in [5.41, 5.74) is 2.18. The van der Waals surface area contributed by atoms with Crippen molar-refractivity contribution in [2.45, 2.75) is 53.4 Å². The van der Waals surface area contributed by atoms with Crippen LogP contribution in [0.5, 0.6) is 0 Å². The van der Waals surface area contributed by atoms with Crippen LogP contribution >= 0.6 is 15.2 Å². The second kappa shape index (κ2) is 17.3. The zero-order valence-corrected chi connectivity index (χ0v) is 18.6. The fourth-order valence-corrected chi connectivity index (χ4v) is 3.04. The van der Waals surface area contributed by atoms with E-state index in [4.69, 9.17) is 13.8 Å². The van der Waals surface area contributed by atoms with Crippen LogP contribution in [0.2, 0.25) is 0 Å². The van der Waals surface area contributed by atoms with E-state index in [-0.39, 0.29) is 32.6 Å². The first-order valence-electron chi connectivity index (χ1n) is 8.43. The number of quaternary nitrogens is 1. The first kappa shape index (κ1) is 30.9. The van der Waals surface area contributed by atoms with E-state index in [0.717, 1.165) is 0 Å². The molecule has 0 aliphatic rings. The third kappa shape index (κ3) is 14.9. The van der Waals surface area contributed by atoms with Gasteiger partial charge in [0, 0.05) is 0 Å². The number of primary amides is 1. The second-order valence-electron chi connectivity index (χ2n) is 4.95. The Labute approximate surface area is 160 Å². The lowest BCUT2D eigenvalue weighted by Crippen LogP contribution is -2.20. The summed E-state index contributed by atoms with van der Waals surface area (Å²) in [6.07, 6.45) is 2.54. The van der Waals surface area contributed by atoms with Crippen LogP contribution in [-0.4, -0.2) is 37.8 Å². The first-order valence-corrected chi connectivity index (χ1v) is 11.5. The molecule has 0 saturated heterocycles. The molecule has 0 saturated carbocycles. The summed E-state index contributed by atoms with van der Waals surface area (Å²) in [6, 6.07) is 0. The Morgan fingerprint density at radius 2 is 1.19 bits per heavy atom. The van der Waals surface area contributed by atoms with E-state index in [1.165, 1.54) is 0 Å². The molecule has 0 aromatic heterocycles. The van der Waals surface area contributed by atoms with E-state index in [2.05, 4.69) is 10.3 Å². The smallest absolute Gasteiger partial charge is 0.438 e. The standard InChI is InChI=1S/C10H21O5P.C4H10NO4P.H3N/c1-4-7-13-10(11)16(12,14-8-5-2)15-9-6-3;1-2-3-9-10(7,8)4(5)6;/h4-9H2,1-3H3;2-3H2,1H3,(H2,5,6)(H,7,8);1H3. The van der Waals surface area contributed by atoms with Gasteiger partial charge in [-0.05, 0) is 25.7 Å². The van der Waals surface area contributed by atoms with Gasteiger partial charge in [-0.15, -0.1) is 0 Å². The minimum Gasteiger partial charge on any atom is -0.772 e. The third-order valence-electron chi connectivity index (χ3n) is 2.32. The molecule has 0 rings (SSSR count). The zero-order valence-electron chi connectivity index (χ0n) is 16.8. The van der Waals surface area contributed by atoms with Gasteiger partial charge in [-0.25, -0.2) is 9.36 Å². The van der Waals surface area contributed by atoms with Crippen LogP contribution in [0.3, 0.4) is 0 Å². The molecule has 6 N–H and O–H groups in total. The summed E-state index contributed by atoms with van der Waals surface area (Å²) in [7, 11) is -8.13. The topological polar surface area (TPSA) is 191 Å². The van der Waals surface area contributed by atoms with Crippen LogP contribution in [0.15, 0.2) is 0 Å². The molecule has 1 atom stereocenters. The average molecular weight is 436 g/mol. The van der Waals surface area contributed by atoms with E-state index in [9.17, 15) is 23.6 Å². The highest BCUT2D eigenvalue weighted by molar-refractivity contribution is 7.71. The van der Waals surface area contributed by atoms with Gasteiger partial charge in [-0.2, -0.15) is 0 Å². The molecule has 0 spiro atoms. The highest BCUT2D eigenvalue weighted by Gasteiger charge is 2.36. The number of carbonyl (C=O) groups is 2. The van der Waals surface area contributed by atoms with Crippen molar-refractivity contribution in [1.82, 2.24) is 6.15 Å². The fourth-order valence-electron chi connectivity index (χ4n) is 1.11. The van der Waals surface area contributed by atoms with Gasteiger partial charge >= 0.3 is 13.3 Å². The lowest BCUT2D eigenvalue weighted by Gasteiger charge is -2.17. The molecule has 0 heterocycles. The number of nitrogens with two attached hydrogens (primary N) is 1. The Morgan fingerprint density at radius 3 is 1.52 bits per heavy atom. The molecule has 0 aliphatic heterocycles. The monoisotopic (exact) mass is 436 g/mol. The van der Waals surface area contributed by atoms with Gasteiger partial charge in [0.1, 0.15) is 0 Å². The first-order chi connectivity index (χ1) is 12.1. The molecule has 1 unspecified atom stereocenters. The van der Waals surface area contributed by atoms with Crippen molar-refractivity contribution < 1.29 is 41.9 Å². The summed E-state index contributed by atoms with van der Waals surface area (Å²) < 4.78 is 41.4. The van der Waals surface area contributed by atoms with E-state index >= 15 is 0 Å². The van der Waals surface area contributed by atoms with Gasteiger partial charge < -0.3 is 35.1 Å². The average Bonchev–Trinajstić information content (AvgIpc) is 2.61. The van der Waals surface area contributed by atoms with Crippen molar-refractivity contribution in [3.05, 3.63) is 0 Å². The van der Waals surface area contributed by atoms with E-state index in [1.54, 1.807) is 6.92 Å². The van der Waals surface area contributed by atoms with Crippen molar-refractivity contribution in [3.63, 3.8) is 0 Å². The molecular weight excluding hydrogens is 402 g/mol. The Hall–Kier alpha value is -0.800. The van der Waals surface area contributed by atoms with Crippen molar-refractivity contribution in [3.8, 4) is 0 Å². The van der Waals surface area contributed by atoms with Crippen LogP contribution < -0.4 is 16.8 Å². The molecule has 0 radical (unpaired) electrons. The normalized spacial score (nSPS) is 12.8. The predicted molar refractivity (Wildman–Crippen MR) is 101 cm³/mol. The molecule has 13 heteroatoms. The van der Waals surface area contributed by atoms with Crippen LogP contribution in [0, 0.1) is 0 Å². The Kier molecular flexibility index (Phi) is 19.8. The van der Waals surface area contributed by atoms with Gasteiger partial charge in [0.15, 0.2) is 0 Å². The van der Waals surface area contributed by atoms with Crippen LogP contribution in [-0.2, 0) is 27.4 Å². The van der Waals surface area contributed by atoms with Crippen molar-refractivity contribution in [2.75, 3.05) is 26.4 Å². The SMILES string of the molecule is CCCOC(=O)P(=O)(OCCC)OCCC.CCCOP(=O)([O-])C(N)=O.[NH4+]. The molecule has 0 aromatic carbocycles. The van der Waals surface area contributed by atoms with Gasteiger partial charge in [0.05, 0.1) is 26.4 Å². The fraction of sp³-hybridized carbons (Fsp3) is 0.857. The van der Waals surface area contributed by atoms with Gasteiger partial charge in [-0.3, -0.25) is 9.36 Å². The Morgan fingerprint density at radius 1 is 0.815 bits per heavy atom. The third-order valence-corrected chi connectivity index (χ3v) is 5.00. The summed E-state index contributed by atoms with van der Waals surface area (Å²) >= 11 is 0. The van der Waals surface area contributed by atoms with Crippen molar-refractivity contribution in [1.29, 1.82) is 0 Å². The van der Waals surface area contributed by atoms with Crippen LogP contribution in [0.1, 0.15) is 53.4 Å². The highest BCUT2D eigenvalue weighted by Crippen LogP contribution is 2.50. The number of rotatable bonds is 13. The van der Waals surface area contributed by atoms with Gasteiger partial charge in [-0.1, -0.05) is 27.7 Å². The Balaban J connectivity index is -0.000000454. The summed E-state index contributed by atoms with van der Waals surface area (Å²) in [5.74, 6) is 0. The molecule has 164 valence electrons. The number of hydrogen-bond acceptors (Lipinski definition) is 9. The number of carbonyl (C=O) groups excluding carboxylic acids is 2. The molecule has 0 aliphatic carbocycles. The Bertz CT molecular complexity index is 491. The molecule has 1 amide bonds.